The van der Waals surface area contributed by atoms with Crippen LogP contribution in [0.1, 0.15) is 14.7 Å². The van der Waals surface area contributed by atoms with Gasteiger partial charge in [-0.3, -0.25) is 10.1 Å². The molecule has 1 amide bonds. The zero-order chi connectivity index (χ0) is 18.8. The van der Waals surface area contributed by atoms with Crippen LogP contribution in [0.5, 0.6) is 5.75 Å². The average Bonchev–Trinajstić information content (AvgIpc) is 3.42. The number of nitrogens with one attached hydrogen (secondary N) is 1. The van der Waals surface area contributed by atoms with E-state index in [0.717, 1.165) is 16.3 Å². The lowest BCUT2D eigenvalue weighted by Crippen LogP contribution is -2.11. The number of carbonyl (C=O) groups excluding carboxylic acids is 1. The number of hydrogen-bond acceptors (Lipinski definition) is 7. The van der Waals surface area contributed by atoms with Gasteiger partial charge >= 0.3 is 0 Å². The normalized spacial score (nSPS) is 10.7. The first-order chi connectivity index (χ1) is 13.1. The van der Waals surface area contributed by atoms with E-state index in [1.54, 1.807) is 7.11 Å². The Labute approximate surface area is 163 Å². The third kappa shape index (κ3) is 3.60. The van der Waals surface area contributed by atoms with Crippen LogP contribution >= 0.6 is 22.7 Å². The van der Waals surface area contributed by atoms with E-state index in [2.05, 4.69) is 15.5 Å². The fourth-order valence-electron chi connectivity index (χ4n) is 2.48. The third-order valence-corrected chi connectivity index (χ3v) is 5.58. The van der Waals surface area contributed by atoms with E-state index < -0.39 is 0 Å². The number of carbonyl (C=O) groups is 1. The maximum Gasteiger partial charge on any atom is 0.269 e. The smallest absolute Gasteiger partial charge is 0.269 e. The molecule has 3 heterocycles. The summed E-state index contributed by atoms with van der Waals surface area (Å²) in [5, 5.41) is 12.7. The number of aryl methyl sites for hydroxylation is 1. The van der Waals surface area contributed by atoms with E-state index in [4.69, 9.17) is 9.72 Å². The standard InChI is InChI=1S/C18H15N5O2S2/c1-11-21-22-17(26-11)20-16(24)15-14(12-5-7-13(25-2)8-6-12)19-18(27-15)23-9-3-4-10-23/h3-10H,1-2H3,(H,20,22,24). The summed E-state index contributed by atoms with van der Waals surface area (Å²) in [5.74, 6) is 0.489. The van der Waals surface area contributed by atoms with Crippen LogP contribution in [-0.4, -0.2) is 32.8 Å². The molecule has 136 valence electrons. The predicted molar refractivity (Wildman–Crippen MR) is 106 cm³/mol. The molecule has 3 aromatic heterocycles. The second-order valence-corrected chi connectivity index (χ2v) is 7.73. The van der Waals surface area contributed by atoms with Crippen molar-refractivity contribution in [3.8, 4) is 22.1 Å². The minimum Gasteiger partial charge on any atom is -0.497 e. The molecule has 1 N–H and O–H groups in total. The number of benzene rings is 1. The van der Waals surface area contributed by atoms with Crippen LogP contribution in [0, 0.1) is 6.92 Å². The van der Waals surface area contributed by atoms with Gasteiger partial charge in [-0.05, 0) is 43.3 Å². The van der Waals surface area contributed by atoms with Gasteiger partial charge in [0.2, 0.25) is 5.13 Å². The maximum atomic E-state index is 12.9. The molecular formula is C18H15N5O2S2. The maximum absolute atomic E-state index is 12.9. The molecule has 0 aliphatic heterocycles. The van der Waals surface area contributed by atoms with Gasteiger partial charge < -0.3 is 9.30 Å². The van der Waals surface area contributed by atoms with Gasteiger partial charge in [0.25, 0.3) is 5.91 Å². The minimum atomic E-state index is -0.257. The highest BCUT2D eigenvalue weighted by Gasteiger charge is 2.21. The number of anilines is 1. The minimum absolute atomic E-state index is 0.257. The molecule has 0 radical (unpaired) electrons. The second kappa shape index (κ2) is 7.29. The molecule has 0 saturated carbocycles. The number of methoxy groups -OCH3 is 1. The molecule has 1 aromatic carbocycles. The summed E-state index contributed by atoms with van der Waals surface area (Å²) < 4.78 is 7.09. The van der Waals surface area contributed by atoms with Crippen molar-refractivity contribution in [3.63, 3.8) is 0 Å². The Bertz CT molecular complexity index is 1070. The zero-order valence-electron chi connectivity index (χ0n) is 14.5. The zero-order valence-corrected chi connectivity index (χ0v) is 16.2. The molecule has 0 fully saturated rings. The van der Waals surface area contributed by atoms with Crippen LogP contribution in [0.25, 0.3) is 16.4 Å². The molecule has 0 unspecified atom stereocenters. The quantitative estimate of drug-likeness (QED) is 0.550. The Morgan fingerprint density at radius 2 is 1.85 bits per heavy atom. The number of thiazole rings is 1. The van der Waals surface area contributed by atoms with Crippen molar-refractivity contribution in [2.75, 3.05) is 12.4 Å². The van der Waals surface area contributed by atoms with E-state index in [0.29, 0.717) is 20.8 Å². The molecule has 0 bridgehead atoms. The topological polar surface area (TPSA) is 81.9 Å². The number of amides is 1. The van der Waals surface area contributed by atoms with E-state index in [-0.39, 0.29) is 5.91 Å². The molecule has 27 heavy (non-hydrogen) atoms. The van der Waals surface area contributed by atoms with Crippen molar-refractivity contribution < 1.29 is 9.53 Å². The highest BCUT2D eigenvalue weighted by Crippen LogP contribution is 2.32. The van der Waals surface area contributed by atoms with Gasteiger partial charge in [0.1, 0.15) is 15.6 Å². The van der Waals surface area contributed by atoms with Crippen molar-refractivity contribution in [3.05, 3.63) is 58.7 Å². The Morgan fingerprint density at radius 3 is 2.48 bits per heavy atom. The monoisotopic (exact) mass is 397 g/mol. The fourth-order valence-corrected chi connectivity index (χ4v) is 4.02. The number of rotatable bonds is 5. The third-order valence-electron chi connectivity index (χ3n) is 3.76. The van der Waals surface area contributed by atoms with Crippen LogP contribution in [0.15, 0.2) is 48.8 Å². The van der Waals surface area contributed by atoms with Gasteiger partial charge in [0.05, 0.1) is 12.8 Å². The summed E-state index contributed by atoms with van der Waals surface area (Å²) in [4.78, 5) is 18.1. The highest BCUT2D eigenvalue weighted by molar-refractivity contribution is 7.17. The fraction of sp³-hybridized carbons (Fsp3) is 0.111. The van der Waals surface area contributed by atoms with Gasteiger partial charge in [-0.1, -0.05) is 22.7 Å². The van der Waals surface area contributed by atoms with E-state index in [1.807, 2.05) is 60.3 Å². The van der Waals surface area contributed by atoms with Gasteiger partial charge in [-0.2, -0.15) is 0 Å². The predicted octanol–water partition coefficient (Wildman–Crippen LogP) is 4.02. The molecule has 9 heteroatoms. The van der Waals surface area contributed by atoms with Crippen molar-refractivity contribution in [1.82, 2.24) is 19.7 Å². The van der Waals surface area contributed by atoms with Crippen LogP contribution in [0.3, 0.4) is 0 Å². The summed E-state index contributed by atoms with van der Waals surface area (Å²) >= 11 is 2.65. The summed E-state index contributed by atoms with van der Waals surface area (Å²) in [5.41, 5.74) is 1.45. The first-order valence-corrected chi connectivity index (χ1v) is 9.67. The van der Waals surface area contributed by atoms with Crippen LogP contribution < -0.4 is 10.1 Å². The lowest BCUT2D eigenvalue weighted by Gasteiger charge is -2.04. The lowest BCUT2D eigenvalue weighted by molar-refractivity contribution is 0.103. The summed E-state index contributed by atoms with van der Waals surface area (Å²) in [6.45, 7) is 1.84. The largest absolute Gasteiger partial charge is 0.497 e. The molecule has 0 atom stereocenters. The van der Waals surface area contributed by atoms with Crippen LogP contribution in [-0.2, 0) is 0 Å². The van der Waals surface area contributed by atoms with Gasteiger partial charge in [-0.25, -0.2) is 4.98 Å². The second-order valence-electron chi connectivity index (χ2n) is 5.57. The number of ether oxygens (including phenoxy) is 1. The molecular weight excluding hydrogens is 382 g/mol. The van der Waals surface area contributed by atoms with Crippen LogP contribution in [0.4, 0.5) is 5.13 Å². The number of hydrogen-bond donors (Lipinski definition) is 1. The summed E-state index contributed by atoms with van der Waals surface area (Å²) in [7, 11) is 1.62. The first kappa shape index (κ1) is 17.4. The lowest BCUT2D eigenvalue weighted by atomic mass is 10.1. The number of nitrogens with zero attached hydrogens (tertiary/aromatic N) is 4. The first-order valence-electron chi connectivity index (χ1n) is 8.04. The Morgan fingerprint density at radius 1 is 1.11 bits per heavy atom. The highest BCUT2D eigenvalue weighted by atomic mass is 32.1. The summed E-state index contributed by atoms with van der Waals surface area (Å²) in [6.07, 6.45) is 3.79. The molecule has 0 saturated heterocycles. The Balaban J connectivity index is 1.74. The Hall–Kier alpha value is -3.04. The molecule has 4 rings (SSSR count). The van der Waals surface area contributed by atoms with Crippen molar-refractivity contribution in [1.29, 1.82) is 0 Å². The van der Waals surface area contributed by atoms with Gasteiger partial charge in [0, 0.05) is 18.0 Å². The van der Waals surface area contributed by atoms with E-state index in [1.165, 1.54) is 22.7 Å². The van der Waals surface area contributed by atoms with Crippen molar-refractivity contribution in [2.24, 2.45) is 0 Å². The van der Waals surface area contributed by atoms with Crippen molar-refractivity contribution in [2.45, 2.75) is 6.92 Å². The van der Waals surface area contributed by atoms with E-state index in [9.17, 15) is 4.79 Å². The molecule has 0 spiro atoms. The van der Waals surface area contributed by atoms with Crippen LogP contribution in [0.2, 0.25) is 0 Å². The Kier molecular flexibility index (Phi) is 4.69. The van der Waals surface area contributed by atoms with Crippen molar-refractivity contribution >= 4 is 33.7 Å². The SMILES string of the molecule is COc1ccc(-c2nc(-n3cccc3)sc2C(=O)Nc2nnc(C)s2)cc1. The van der Waals surface area contributed by atoms with Gasteiger partial charge in [0.15, 0.2) is 5.13 Å². The van der Waals surface area contributed by atoms with Gasteiger partial charge in [-0.15, -0.1) is 10.2 Å². The van der Waals surface area contributed by atoms with E-state index >= 15 is 0 Å². The average molecular weight is 397 g/mol. The number of aromatic nitrogens is 4. The molecule has 0 aliphatic carbocycles. The molecule has 4 aromatic rings. The molecule has 7 nitrogen and oxygen atoms in total. The summed E-state index contributed by atoms with van der Waals surface area (Å²) in [6, 6.07) is 11.3. The molecule has 0 aliphatic rings.